The highest BCUT2D eigenvalue weighted by atomic mass is 16.5. The van der Waals surface area contributed by atoms with Crippen molar-refractivity contribution in [3.8, 4) is 0 Å². The molecule has 0 N–H and O–H groups in total. The molecule has 0 aliphatic carbocycles. The molecule has 5 heteroatoms. The minimum atomic E-state index is -0.366. The SMILES string of the molecule is C=CC(=O)CCCOCCOCCC(C)CCCOC(=O)C=C. The molecule has 0 aromatic heterocycles. The third-order valence-corrected chi connectivity index (χ3v) is 3.32. The Morgan fingerprint density at radius 1 is 0.913 bits per heavy atom. The van der Waals surface area contributed by atoms with E-state index in [9.17, 15) is 9.59 Å². The fourth-order valence-electron chi connectivity index (χ4n) is 1.86. The monoisotopic (exact) mass is 326 g/mol. The number of hydrogen-bond donors (Lipinski definition) is 0. The van der Waals surface area contributed by atoms with E-state index in [0.29, 0.717) is 45.4 Å². The molecule has 132 valence electrons. The molecular formula is C18H30O5. The molecule has 23 heavy (non-hydrogen) atoms. The molecule has 1 atom stereocenters. The van der Waals surface area contributed by atoms with Crippen molar-refractivity contribution in [2.24, 2.45) is 5.92 Å². The van der Waals surface area contributed by atoms with Gasteiger partial charge in [0.25, 0.3) is 0 Å². The van der Waals surface area contributed by atoms with E-state index in [0.717, 1.165) is 25.7 Å². The van der Waals surface area contributed by atoms with Gasteiger partial charge >= 0.3 is 5.97 Å². The van der Waals surface area contributed by atoms with Crippen LogP contribution in [0.15, 0.2) is 25.3 Å². The third kappa shape index (κ3) is 15.2. The summed E-state index contributed by atoms with van der Waals surface area (Å²) >= 11 is 0. The molecule has 0 fully saturated rings. The minimum Gasteiger partial charge on any atom is -0.463 e. The zero-order valence-corrected chi connectivity index (χ0v) is 14.3. The smallest absolute Gasteiger partial charge is 0.330 e. The van der Waals surface area contributed by atoms with Crippen LogP contribution >= 0.6 is 0 Å². The number of ketones is 1. The van der Waals surface area contributed by atoms with E-state index < -0.39 is 0 Å². The van der Waals surface area contributed by atoms with E-state index in [4.69, 9.17) is 14.2 Å². The molecule has 0 aromatic carbocycles. The Labute approximate surface area is 139 Å². The second-order valence-corrected chi connectivity index (χ2v) is 5.41. The molecule has 0 saturated carbocycles. The fourth-order valence-corrected chi connectivity index (χ4v) is 1.86. The fraction of sp³-hybridized carbons (Fsp3) is 0.667. The number of carbonyl (C=O) groups is 2. The molecular weight excluding hydrogens is 296 g/mol. The molecule has 0 spiro atoms. The van der Waals surface area contributed by atoms with Crippen molar-refractivity contribution >= 4 is 11.8 Å². The van der Waals surface area contributed by atoms with E-state index >= 15 is 0 Å². The summed E-state index contributed by atoms with van der Waals surface area (Å²) in [5.74, 6) is 0.219. The van der Waals surface area contributed by atoms with Crippen LogP contribution in [0.1, 0.15) is 39.0 Å². The lowest BCUT2D eigenvalue weighted by Gasteiger charge is -2.11. The van der Waals surface area contributed by atoms with Gasteiger partial charge in [-0.25, -0.2) is 4.79 Å². The van der Waals surface area contributed by atoms with Crippen molar-refractivity contribution in [3.05, 3.63) is 25.3 Å². The summed E-state index contributed by atoms with van der Waals surface area (Å²) < 4.78 is 15.8. The van der Waals surface area contributed by atoms with Crippen LogP contribution in [0.5, 0.6) is 0 Å². The molecule has 0 amide bonds. The Morgan fingerprint density at radius 3 is 2.26 bits per heavy atom. The first kappa shape index (κ1) is 21.5. The molecule has 0 rings (SSSR count). The van der Waals surface area contributed by atoms with Crippen molar-refractivity contribution in [1.82, 2.24) is 0 Å². The number of esters is 1. The van der Waals surface area contributed by atoms with Gasteiger partial charge in [0.05, 0.1) is 19.8 Å². The van der Waals surface area contributed by atoms with Crippen LogP contribution in [0.4, 0.5) is 0 Å². The van der Waals surface area contributed by atoms with Crippen molar-refractivity contribution in [1.29, 1.82) is 0 Å². The second kappa shape index (κ2) is 15.4. The van der Waals surface area contributed by atoms with Crippen LogP contribution in [0.2, 0.25) is 0 Å². The summed E-state index contributed by atoms with van der Waals surface area (Å²) in [6.45, 7) is 11.8. The molecule has 0 bridgehead atoms. The standard InChI is InChI=1S/C18H30O5/c1-4-17(19)9-7-11-21-14-15-22-13-10-16(3)8-6-12-23-18(20)5-2/h4-5,16H,1-2,6-15H2,3H3. The third-order valence-electron chi connectivity index (χ3n) is 3.32. The van der Waals surface area contributed by atoms with Crippen LogP contribution < -0.4 is 0 Å². The van der Waals surface area contributed by atoms with Crippen LogP contribution in [0, 0.1) is 5.92 Å². The maximum atomic E-state index is 11.0. The molecule has 5 nitrogen and oxygen atoms in total. The van der Waals surface area contributed by atoms with Crippen molar-refractivity contribution in [2.75, 3.05) is 33.0 Å². The van der Waals surface area contributed by atoms with Gasteiger partial charge in [0.1, 0.15) is 0 Å². The minimum absolute atomic E-state index is 0.0538. The van der Waals surface area contributed by atoms with E-state index in [1.807, 2.05) is 0 Å². The lowest BCUT2D eigenvalue weighted by Crippen LogP contribution is -2.09. The maximum absolute atomic E-state index is 11.0. The summed E-state index contributed by atoms with van der Waals surface area (Å²) in [6, 6.07) is 0. The van der Waals surface area contributed by atoms with Gasteiger partial charge in [0.2, 0.25) is 0 Å². The largest absolute Gasteiger partial charge is 0.463 e. The summed E-state index contributed by atoms with van der Waals surface area (Å²) in [5.41, 5.74) is 0. The Hall–Kier alpha value is -1.46. The first-order valence-electron chi connectivity index (χ1n) is 8.20. The Kier molecular flexibility index (Phi) is 14.5. The van der Waals surface area contributed by atoms with Crippen LogP contribution in [0.25, 0.3) is 0 Å². The van der Waals surface area contributed by atoms with Gasteiger partial charge in [-0.15, -0.1) is 0 Å². The molecule has 0 radical (unpaired) electrons. The molecule has 0 saturated heterocycles. The van der Waals surface area contributed by atoms with Crippen molar-refractivity contribution in [2.45, 2.75) is 39.0 Å². The molecule has 0 aromatic rings. The van der Waals surface area contributed by atoms with Gasteiger partial charge in [-0.3, -0.25) is 4.79 Å². The summed E-state index contributed by atoms with van der Waals surface area (Å²) in [5, 5.41) is 0. The molecule has 1 unspecified atom stereocenters. The van der Waals surface area contributed by atoms with Crippen LogP contribution in [-0.4, -0.2) is 44.8 Å². The average Bonchev–Trinajstić information content (AvgIpc) is 2.56. The van der Waals surface area contributed by atoms with Gasteiger partial charge in [-0.1, -0.05) is 20.1 Å². The highest BCUT2D eigenvalue weighted by Gasteiger charge is 2.03. The van der Waals surface area contributed by atoms with Crippen molar-refractivity contribution < 1.29 is 23.8 Å². The highest BCUT2D eigenvalue weighted by molar-refractivity contribution is 5.88. The van der Waals surface area contributed by atoms with E-state index in [1.54, 1.807) is 0 Å². The maximum Gasteiger partial charge on any atom is 0.330 e. The van der Waals surface area contributed by atoms with Gasteiger partial charge in [-0.05, 0) is 37.7 Å². The van der Waals surface area contributed by atoms with Gasteiger partial charge < -0.3 is 14.2 Å². The van der Waals surface area contributed by atoms with Crippen molar-refractivity contribution in [3.63, 3.8) is 0 Å². The molecule has 0 aliphatic rings. The number of carbonyl (C=O) groups excluding carboxylic acids is 2. The number of hydrogen-bond acceptors (Lipinski definition) is 5. The van der Waals surface area contributed by atoms with Gasteiger partial charge in [0, 0.05) is 25.7 Å². The lowest BCUT2D eigenvalue weighted by molar-refractivity contribution is -0.137. The number of allylic oxidation sites excluding steroid dienone is 1. The van der Waals surface area contributed by atoms with Gasteiger partial charge in [-0.2, -0.15) is 0 Å². The Balaban J connectivity index is 3.27. The van der Waals surface area contributed by atoms with E-state index in [2.05, 4.69) is 20.1 Å². The van der Waals surface area contributed by atoms with Crippen LogP contribution in [-0.2, 0) is 23.8 Å². The quantitative estimate of drug-likeness (QED) is 0.248. The van der Waals surface area contributed by atoms with E-state index in [-0.39, 0.29) is 11.8 Å². The Morgan fingerprint density at radius 2 is 1.61 bits per heavy atom. The van der Waals surface area contributed by atoms with Crippen LogP contribution in [0.3, 0.4) is 0 Å². The average molecular weight is 326 g/mol. The summed E-state index contributed by atoms with van der Waals surface area (Å²) in [7, 11) is 0. The van der Waals surface area contributed by atoms with E-state index in [1.165, 1.54) is 12.2 Å². The predicted molar refractivity (Wildman–Crippen MR) is 90.2 cm³/mol. The highest BCUT2D eigenvalue weighted by Crippen LogP contribution is 2.10. The zero-order valence-electron chi connectivity index (χ0n) is 14.3. The number of ether oxygens (including phenoxy) is 3. The van der Waals surface area contributed by atoms with Gasteiger partial charge in [0.15, 0.2) is 5.78 Å². The summed E-state index contributed by atoms with van der Waals surface area (Å²) in [6.07, 6.45) is 6.56. The topological polar surface area (TPSA) is 61.8 Å². The Bertz CT molecular complexity index is 351. The zero-order chi connectivity index (χ0) is 17.3. The first-order chi connectivity index (χ1) is 11.1. The molecule has 0 heterocycles. The lowest BCUT2D eigenvalue weighted by atomic mass is 10.0. The first-order valence-corrected chi connectivity index (χ1v) is 8.20. The predicted octanol–water partition coefficient (Wildman–Crippen LogP) is 3.09. The normalized spacial score (nSPS) is 11.7. The molecule has 0 aliphatic heterocycles. The second-order valence-electron chi connectivity index (χ2n) is 5.41. The number of rotatable bonds is 16. The summed E-state index contributed by atoms with van der Waals surface area (Å²) in [4.78, 5) is 21.8.